The highest BCUT2D eigenvalue weighted by Crippen LogP contribution is 2.50. The van der Waals surface area contributed by atoms with Gasteiger partial charge in [-0.25, -0.2) is 0 Å². The molecule has 66 valence electrons. The first-order valence-corrected chi connectivity index (χ1v) is 5.17. The molecule has 0 spiro atoms. The lowest BCUT2D eigenvalue weighted by Crippen LogP contribution is -2.02. The Hall–Kier alpha value is -0.960. The first kappa shape index (κ1) is 7.44. The highest BCUT2D eigenvalue weighted by molar-refractivity contribution is 8.00. The summed E-state index contributed by atoms with van der Waals surface area (Å²) in [5.41, 5.74) is 1.33. The Kier molecular flexibility index (Phi) is 1.44. The predicted molar refractivity (Wildman–Crippen MR) is 49.5 cm³/mol. The summed E-state index contributed by atoms with van der Waals surface area (Å²) in [6.45, 7) is 0. The number of hydrogen-bond acceptors (Lipinski definition) is 3. The van der Waals surface area contributed by atoms with E-state index in [2.05, 4.69) is 12.1 Å². The molecule has 2 unspecified atom stereocenters. The summed E-state index contributed by atoms with van der Waals surface area (Å²) < 4.78 is 5.19. The summed E-state index contributed by atoms with van der Waals surface area (Å²) in [4.78, 5) is 12.3. The minimum Gasteiger partial charge on any atom is -0.450 e. The number of hydrogen-bond donors (Lipinski definition) is 0. The maximum Gasteiger partial charge on any atom is 0.307 e. The molecule has 1 fully saturated rings. The molecule has 0 N–H and O–H groups in total. The minimum atomic E-state index is -0.0583. The first-order chi connectivity index (χ1) is 6.34. The molecule has 1 saturated heterocycles. The lowest BCUT2D eigenvalue weighted by Gasteiger charge is -2.04. The molecule has 1 aromatic carbocycles. The Morgan fingerprint density at radius 2 is 2.23 bits per heavy atom. The molecule has 3 heteroatoms. The molecule has 2 aliphatic heterocycles. The van der Waals surface area contributed by atoms with E-state index in [-0.39, 0.29) is 11.4 Å². The normalized spacial score (nSPS) is 29.7. The molecule has 0 aromatic heterocycles. The van der Waals surface area contributed by atoms with Crippen LogP contribution in [0.5, 0.6) is 0 Å². The van der Waals surface area contributed by atoms with Crippen LogP contribution in [0.2, 0.25) is 0 Å². The van der Waals surface area contributed by atoms with Crippen molar-refractivity contribution in [1.29, 1.82) is 0 Å². The Morgan fingerprint density at radius 1 is 1.38 bits per heavy atom. The van der Waals surface area contributed by atoms with Gasteiger partial charge in [0.05, 0.1) is 6.42 Å². The molecule has 2 aliphatic rings. The van der Waals surface area contributed by atoms with Gasteiger partial charge in [0.1, 0.15) is 0 Å². The molecule has 0 amide bonds. The molecule has 1 aromatic rings. The van der Waals surface area contributed by atoms with Crippen molar-refractivity contribution in [2.75, 3.05) is 0 Å². The van der Waals surface area contributed by atoms with Crippen molar-refractivity contribution in [3.05, 3.63) is 29.8 Å². The van der Waals surface area contributed by atoms with Gasteiger partial charge in [0.25, 0.3) is 0 Å². The van der Waals surface area contributed by atoms with E-state index >= 15 is 0 Å². The van der Waals surface area contributed by atoms with Crippen LogP contribution in [-0.2, 0) is 9.53 Å². The van der Waals surface area contributed by atoms with E-state index in [9.17, 15) is 4.79 Å². The molecule has 2 nitrogen and oxygen atoms in total. The Morgan fingerprint density at radius 3 is 3.15 bits per heavy atom. The topological polar surface area (TPSA) is 26.3 Å². The summed E-state index contributed by atoms with van der Waals surface area (Å²) in [6.07, 6.45) is 0.550. The lowest BCUT2D eigenvalue weighted by atomic mass is 9.99. The molecular weight excluding hydrogens is 184 g/mol. The zero-order valence-electron chi connectivity index (χ0n) is 6.90. The quantitative estimate of drug-likeness (QED) is 0.589. The molecule has 3 rings (SSSR count). The number of rotatable bonds is 0. The van der Waals surface area contributed by atoms with Crippen LogP contribution >= 0.6 is 11.8 Å². The Balaban J connectivity index is 2.06. The summed E-state index contributed by atoms with van der Waals surface area (Å²) in [6, 6.07) is 8.22. The van der Waals surface area contributed by atoms with E-state index in [4.69, 9.17) is 4.74 Å². The van der Waals surface area contributed by atoms with E-state index in [0.29, 0.717) is 12.3 Å². The zero-order valence-corrected chi connectivity index (χ0v) is 7.71. The summed E-state index contributed by atoms with van der Waals surface area (Å²) in [5.74, 6) is 0.241. The van der Waals surface area contributed by atoms with Crippen molar-refractivity contribution < 1.29 is 9.53 Å². The fraction of sp³-hybridized carbons (Fsp3) is 0.300. The second-order valence-corrected chi connectivity index (χ2v) is 4.46. The third-order valence-electron chi connectivity index (χ3n) is 2.52. The van der Waals surface area contributed by atoms with Crippen molar-refractivity contribution in [3.63, 3.8) is 0 Å². The van der Waals surface area contributed by atoms with Gasteiger partial charge >= 0.3 is 5.97 Å². The number of carbonyl (C=O) groups is 1. The average molecular weight is 192 g/mol. The van der Waals surface area contributed by atoms with Crippen molar-refractivity contribution in [2.45, 2.75) is 22.7 Å². The maximum atomic E-state index is 11.0. The number of benzene rings is 1. The van der Waals surface area contributed by atoms with E-state index in [1.54, 1.807) is 11.8 Å². The van der Waals surface area contributed by atoms with Gasteiger partial charge in [-0.1, -0.05) is 30.0 Å². The van der Waals surface area contributed by atoms with Gasteiger partial charge in [-0.05, 0) is 11.6 Å². The molecule has 0 radical (unpaired) electrons. The molecule has 2 heterocycles. The third-order valence-corrected chi connectivity index (χ3v) is 3.81. The number of carbonyl (C=O) groups excluding carboxylic acids is 1. The maximum absolute atomic E-state index is 11.0. The average Bonchev–Trinajstić information content (AvgIpc) is 2.60. The second kappa shape index (κ2) is 2.51. The lowest BCUT2D eigenvalue weighted by molar-refractivity contribution is -0.138. The van der Waals surface area contributed by atoms with Crippen molar-refractivity contribution in [2.24, 2.45) is 0 Å². The monoisotopic (exact) mass is 192 g/mol. The molecule has 0 aliphatic carbocycles. The fourth-order valence-corrected chi connectivity index (χ4v) is 3.24. The molecular formula is C10H8O2S. The van der Waals surface area contributed by atoms with Crippen molar-refractivity contribution in [1.82, 2.24) is 0 Å². The van der Waals surface area contributed by atoms with Gasteiger partial charge in [-0.3, -0.25) is 4.79 Å². The first-order valence-electron chi connectivity index (χ1n) is 4.29. The number of esters is 1. The number of ether oxygens (including phenoxy) is 1. The highest BCUT2D eigenvalue weighted by Gasteiger charge is 2.42. The van der Waals surface area contributed by atoms with Crippen LogP contribution in [0.25, 0.3) is 0 Å². The molecule has 0 saturated carbocycles. The number of thioether (sulfide) groups is 1. The van der Waals surface area contributed by atoms with Crippen LogP contribution < -0.4 is 0 Å². The number of fused-ring (bicyclic) bond motifs is 3. The van der Waals surface area contributed by atoms with Gasteiger partial charge < -0.3 is 4.74 Å². The van der Waals surface area contributed by atoms with Crippen LogP contribution in [0.4, 0.5) is 0 Å². The smallest absolute Gasteiger partial charge is 0.307 e. The van der Waals surface area contributed by atoms with E-state index in [1.807, 2.05) is 12.1 Å². The van der Waals surface area contributed by atoms with Crippen LogP contribution in [0.15, 0.2) is 29.2 Å². The standard InChI is InChI=1S/C10H8O2S/c11-9-5-7-6-3-1-2-4-8(6)13-10(7)12-9/h1-4,7,10H,5H2. The van der Waals surface area contributed by atoms with E-state index in [0.717, 1.165) is 0 Å². The SMILES string of the molecule is O=C1CC2c3ccccc3SC2O1. The highest BCUT2D eigenvalue weighted by atomic mass is 32.2. The van der Waals surface area contributed by atoms with Crippen LogP contribution in [0.1, 0.15) is 17.9 Å². The van der Waals surface area contributed by atoms with Crippen LogP contribution in [0, 0.1) is 0 Å². The van der Waals surface area contributed by atoms with Gasteiger partial charge in [0, 0.05) is 10.8 Å². The Labute approximate surface area is 80.3 Å². The fourth-order valence-electron chi connectivity index (χ4n) is 1.92. The van der Waals surface area contributed by atoms with Crippen molar-refractivity contribution in [3.8, 4) is 0 Å². The largest absolute Gasteiger partial charge is 0.450 e. The molecule has 2 atom stereocenters. The molecule has 13 heavy (non-hydrogen) atoms. The Bertz CT molecular complexity index is 375. The molecule has 0 bridgehead atoms. The summed E-state index contributed by atoms with van der Waals surface area (Å²) in [7, 11) is 0. The van der Waals surface area contributed by atoms with E-state index in [1.165, 1.54) is 10.5 Å². The second-order valence-electron chi connectivity index (χ2n) is 3.32. The van der Waals surface area contributed by atoms with E-state index < -0.39 is 0 Å². The van der Waals surface area contributed by atoms with Crippen molar-refractivity contribution >= 4 is 17.7 Å². The van der Waals surface area contributed by atoms with Gasteiger partial charge in [-0.15, -0.1) is 0 Å². The van der Waals surface area contributed by atoms with Gasteiger partial charge in [0.2, 0.25) is 0 Å². The van der Waals surface area contributed by atoms with Gasteiger partial charge in [0.15, 0.2) is 5.44 Å². The minimum absolute atomic E-state index is 0.0462. The van der Waals surface area contributed by atoms with Gasteiger partial charge in [-0.2, -0.15) is 0 Å². The summed E-state index contributed by atoms with van der Waals surface area (Å²) >= 11 is 1.67. The third kappa shape index (κ3) is 1.000. The predicted octanol–water partition coefficient (Wildman–Crippen LogP) is 2.15. The van der Waals surface area contributed by atoms with Crippen LogP contribution in [-0.4, -0.2) is 11.4 Å². The van der Waals surface area contributed by atoms with Crippen LogP contribution in [0.3, 0.4) is 0 Å². The summed E-state index contributed by atoms with van der Waals surface area (Å²) in [5, 5.41) is 0. The zero-order chi connectivity index (χ0) is 8.84.